The van der Waals surface area contributed by atoms with Crippen LogP contribution in [0.5, 0.6) is 0 Å². The lowest BCUT2D eigenvalue weighted by molar-refractivity contribution is -0.187. The molecular weight excluding hydrogens is 269 g/mol. The topological polar surface area (TPSA) is 44.1 Å². The monoisotopic (exact) mass is 282 g/mol. The lowest BCUT2D eigenvalue weighted by Gasteiger charge is -2.28. The van der Waals surface area contributed by atoms with Crippen molar-refractivity contribution in [1.29, 1.82) is 5.26 Å². The summed E-state index contributed by atoms with van der Waals surface area (Å²) < 4.78 is 38.0. The van der Waals surface area contributed by atoms with Gasteiger partial charge in [0.25, 0.3) is 0 Å². The third kappa shape index (κ3) is 3.29. The molecule has 0 aliphatic heterocycles. The molecule has 20 heavy (non-hydrogen) atoms. The number of alkyl halides is 3. The minimum Gasteiger partial charge on any atom is -0.314 e. The van der Waals surface area contributed by atoms with Crippen molar-refractivity contribution >= 4 is 5.91 Å². The van der Waals surface area contributed by atoms with Gasteiger partial charge in [-0.3, -0.25) is 4.79 Å². The van der Waals surface area contributed by atoms with Crippen molar-refractivity contribution < 1.29 is 18.0 Å². The number of benzene rings is 1. The van der Waals surface area contributed by atoms with Crippen LogP contribution in [0.2, 0.25) is 0 Å². The number of hydrogen-bond donors (Lipinski definition) is 0. The minimum atomic E-state index is -4.96. The smallest absolute Gasteiger partial charge is 0.314 e. The van der Waals surface area contributed by atoms with Crippen LogP contribution in [-0.2, 0) is 11.3 Å². The Morgan fingerprint density at radius 1 is 1.35 bits per heavy atom. The number of hydrogen-bond acceptors (Lipinski definition) is 2. The molecule has 0 saturated heterocycles. The summed E-state index contributed by atoms with van der Waals surface area (Å²) >= 11 is 0. The maximum atomic E-state index is 12.7. The Morgan fingerprint density at radius 3 is 2.40 bits per heavy atom. The number of carbonyl (C=O) groups is 1. The number of rotatable bonds is 4. The molecular formula is C14H13F3N2O. The Kier molecular flexibility index (Phi) is 3.98. The van der Waals surface area contributed by atoms with Gasteiger partial charge in [-0.05, 0) is 24.3 Å². The minimum absolute atomic E-state index is 0.144. The molecule has 0 bridgehead atoms. The summed E-state index contributed by atoms with van der Waals surface area (Å²) in [7, 11) is 0. The third-order valence-corrected chi connectivity index (χ3v) is 3.24. The van der Waals surface area contributed by atoms with E-state index in [1.807, 2.05) is 6.07 Å². The maximum Gasteiger partial charge on any atom is 0.471 e. The predicted molar refractivity (Wildman–Crippen MR) is 65.2 cm³/mol. The molecule has 106 valence electrons. The van der Waals surface area contributed by atoms with Crippen LogP contribution in [0.3, 0.4) is 0 Å². The number of carbonyl (C=O) groups excluding carboxylic acids is 1. The van der Waals surface area contributed by atoms with E-state index < -0.39 is 18.1 Å². The van der Waals surface area contributed by atoms with Crippen LogP contribution in [0.4, 0.5) is 13.2 Å². The van der Waals surface area contributed by atoms with Crippen molar-refractivity contribution in [2.75, 3.05) is 0 Å². The number of nitrogens with zero attached hydrogens (tertiary/aromatic N) is 2. The molecule has 1 unspecified atom stereocenters. The van der Waals surface area contributed by atoms with Crippen LogP contribution in [0.15, 0.2) is 30.3 Å². The largest absolute Gasteiger partial charge is 0.471 e. The molecule has 2 rings (SSSR count). The zero-order valence-electron chi connectivity index (χ0n) is 10.6. The van der Waals surface area contributed by atoms with Crippen molar-refractivity contribution in [3.05, 3.63) is 35.9 Å². The fourth-order valence-electron chi connectivity index (χ4n) is 2.08. The summed E-state index contributed by atoms with van der Waals surface area (Å²) in [5.41, 5.74) is 0.575. The second-order valence-corrected chi connectivity index (χ2v) is 4.83. The van der Waals surface area contributed by atoms with Crippen LogP contribution >= 0.6 is 0 Å². The third-order valence-electron chi connectivity index (χ3n) is 3.24. The Balaban J connectivity index is 2.24. The second kappa shape index (κ2) is 5.53. The van der Waals surface area contributed by atoms with E-state index in [0.29, 0.717) is 23.3 Å². The van der Waals surface area contributed by atoms with Crippen LogP contribution in [0, 0.1) is 17.2 Å². The first-order chi connectivity index (χ1) is 9.43. The first kappa shape index (κ1) is 14.4. The van der Waals surface area contributed by atoms with Crippen LogP contribution in [0.25, 0.3) is 0 Å². The summed E-state index contributed by atoms with van der Waals surface area (Å²) in [6, 6.07) is 9.21. The van der Waals surface area contributed by atoms with E-state index in [1.165, 1.54) is 0 Å². The lowest BCUT2D eigenvalue weighted by Crippen LogP contribution is -2.47. The molecule has 0 radical (unpaired) electrons. The molecule has 0 heterocycles. The highest BCUT2D eigenvalue weighted by atomic mass is 19.4. The highest BCUT2D eigenvalue weighted by molar-refractivity contribution is 5.82. The molecule has 0 spiro atoms. The molecule has 1 aliphatic rings. The van der Waals surface area contributed by atoms with Gasteiger partial charge < -0.3 is 4.90 Å². The molecule has 1 saturated carbocycles. The van der Waals surface area contributed by atoms with Gasteiger partial charge >= 0.3 is 12.1 Å². The second-order valence-electron chi connectivity index (χ2n) is 4.83. The average Bonchev–Trinajstić information content (AvgIpc) is 3.22. The van der Waals surface area contributed by atoms with Gasteiger partial charge in [-0.1, -0.05) is 30.3 Å². The van der Waals surface area contributed by atoms with E-state index in [1.54, 1.807) is 30.3 Å². The maximum absolute atomic E-state index is 12.7. The Hall–Kier alpha value is -2.03. The summed E-state index contributed by atoms with van der Waals surface area (Å²) in [5, 5.41) is 9.09. The molecule has 0 aromatic heterocycles. The Bertz CT molecular complexity index is 517. The molecule has 3 nitrogen and oxygen atoms in total. The van der Waals surface area contributed by atoms with Gasteiger partial charge in [-0.2, -0.15) is 18.4 Å². The van der Waals surface area contributed by atoms with Crippen molar-refractivity contribution in [3.63, 3.8) is 0 Å². The first-order valence-electron chi connectivity index (χ1n) is 6.25. The normalized spacial score (nSPS) is 16.3. The number of nitriles is 1. The van der Waals surface area contributed by atoms with Gasteiger partial charge in [0.2, 0.25) is 0 Å². The van der Waals surface area contributed by atoms with E-state index in [-0.39, 0.29) is 12.5 Å². The Labute approximate surface area is 114 Å². The first-order valence-corrected chi connectivity index (χ1v) is 6.25. The predicted octanol–water partition coefficient (Wildman–Crippen LogP) is 2.88. The van der Waals surface area contributed by atoms with Crippen molar-refractivity contribution in [2.24, 2.45) is 5.92 Å². The standard InChI is InChI=1S/C14H13F3N2O/c15-14(16,17)13(20)19(12(8-18)11-6-7-11)9-10-4-2-1-3-5-10/h1-5,11-12H,6-7,9H2. The fraction of sp³-hybridized carbons (Fsp3) is 0.429. The van der Waals surface area contributed by atoms with Gasteiger partial charge in [0.15, 0.2) is 0 Å². The molecule has 0 N–H and O–H groups in total. The number of amides is 1. The molecule has 1 aromatic carbocycles. The molecule has 6 heteroatoms. The summed E-state index contributed by atoms with van der Waals surface area (Å²) in [5.74, 6) is -2.09. The summed E-state index contributed by atoms with van der Waals surface area (Å²) in [6.45, 7) is -0.200. The highest BCUT2D eigenvalue weighted by Gasteiger charge is 2.47. The van der Waals surface area contributed by atoms with Gasteiger partial charge in [0, 0.05) is 6.54 Å². The Morgan fingerprint density at radius 2 is 1.95 bits per heavy atom. The van der Waals surface area contributed by atoms with Gasteiger partial charge in [0.05, 0.1) is 6.07 Å². The zero-order valence-corrected chi connectivity index (χ0v) is 10.6. The van der Waals surface area contributed by atoms with Gasteiger partial charge in [-0.15, -0.1) is 0 Å². The zero-order chi connectivity index (χ0) is 14.8. The van der Waals surface area contributed by atoms with Crippen LogP contribution in [-0.4, -0.2) is 23.0 Å². The van der Waals surface area contributed by atoms with E-state index >= 15 is 0 Å². The van der Waals surface area contributed by atoms with Crippen LogP contribution in [0.1, 0.15) is 18.4 Å². The quantitative estimate of drug-likeness (QED) is 0.852. The molecule has 1 amide bonds. The molecule has 1 fully saturated rings. The molecule has 1 aromatic rings. The SMILES string of the molecule is N#CC(C1CC1)N(Cc1ccccc1)C(=O)C(F)(F)F. The van der Waals surface area contributed by atoms with Gasteiger partial charge in [0.1, 0.15) is 6.04 Å². The van der Waals surface area contributed by atoms with E-state index in [0.717, 1.165) is 0 Å². The van der Waals surface area contributed by atoms with E-state index in [2.05, 4.69) is 0 Å². The summed E-state index contributed by atoms with van der Waals surface area (Å²) in [4.78, 5) is 12.2. The van der Waals surface area contributed by atoms with Crippen molar-refractivity contribution in [3.8, 4) is 6.07 Å². The van der Waals surface area contributed by atoms with Crippen molar-refractivity contribution in [1.82, 2.24) is 4.90 Å². The lowest BCUT2D eigenvalue weighted by atomic mass is 10.1. The average molecular weight is 282 g/mol. The van der Waals surface area contributed by atoms with Crippen molar-refractivity contribution in [2.45, 2.75) is 31.6 Å². The molecule has 1 aliphatic carbocycles. The van der Waals surface area contributed by atoms with Crippen LogP contribution < -0.4 is 0 Å². The summed E-state index contributed by atoms with van der Waals surface area (Å²) in [6.07, 6.45) is -3.58. The van der Waals surface area contributed by atoms with E-state index in [9.17, 15) is 18.0 Å². The van der Waals surface area contributed by atoms with Gasteiger partial charge in [-0.25, -0.2) is 0 Å². The number of halogens is 3. The fourth-order valence-corrected chi connectivity index (χ4v) is 2.08. The van der Waals surface area contributed by atoms with E-state index in [4.69, 9.17) is 5.26 Å². The molecule has 1 atom stereocenters. The highest BCUT2D eigenvalue weighted by Crippen LogP contribution is 2.37.